The Hall–Kier alpha value is -2.63. The van der Waals surface area contributed by atoms with Crippen molar-refractivity contribution in [1.82, 2.24) is 19.7 Å². The maximum absolute atomic E-state index is 12.7. The first-order valence-corrected chi connectivity index (χ1v) is 7.79. The van der Waals surface area contributed by atoms with Crippen LogP contribution < -0.4 is 5.73 Å². The molecule has 0 saturated heterocycles. The topological polar surface area (TPSA) is 106 Å². The van der Waals surface area contributed by atoms with Gasteiger partial charge in [0.05, 0.1) is 23.6 Å². The van der Waals surface area contributed by atoms with Crippen molar-refractivity contribution in [2.75, 3.05) is 19.8 Å². The van der Waals surface area contributed by atoms with Crippen LogP contribution in [-0.2, 0) is 16.2 Å². The van der Waals surface area contributed by atoms with Gasteiger partial charge in [0.2, 0.25) is 0 Å². The van der Waals surface area contributed by atoms with Gasteiger partial charge in [-0.15, -0.1) is 4.40 Å². The van der Waals surface area contributed by atoms with Gasteiger partial charge in [-0.05, 0) is 6.07 Å². The summed E-state index contributed by atoms with van der Waals surface area (Å²) < 4.78 is 66.8. The lowest BCUT2D eigenvalue weighted by Crippen LogP contribution is -2.13. The number of nitrogen functional groups attached to an aromatic ring is 1. The van der Waals surface area contributed by atoms with Crippen molar-refractivity contribution < 1.29 is 21.6 Å². The lowest BCUT2D eigenvalue weighted by atomic mass is 10.3. The van der Waals surface area contributed by atoms with Crippen molar-refractivity contribution >= 4 is 22.0 Å². The zero-order valence-corrected chi connectivity index (χ0v) is 13.4. The van der Waals surface area contributed by atoms with E-state index in [4.69, 9.17) is 5.73 Å². The Bertz CT molecular complexity index is 873. The minimum Gasteiger partial charge on any atom is -0.397 e. The average Bonchev–Trinajstić information content (AvgIpc) is 2.95. The van der Waals surface area contributed by atoms with Crippen LogP contribution >= 0.6 is 0 Å². The van der Waals surface area contributed by atoms with Gasteiger partial charge in [0.1, 0.15) is 11.2 Å². The Morgan fingerprint density at radius 3 is 2.54 bits per heavy atom. The fraction of sp³-hybridized carbons (Fsp3) is 0.250. The summed E-state index contributed by atoms with van der Waals surface area (Å²) in [7, 11) is -1.13. The molecule has 24 heavy (non-hydrogen) atoms. The van der Waals surface area contributed by atoms with Crippen LogP contribution in [0.15, 0.2) is 34.0 Å². The molecule has 2 heterocycles. The van der Waals surface area contributed by atoms with Crippen LogP contribution in [0.25, 0.3) is 5.82 Å². The molecule has 8 nitrogen and oxygen atoms in total. The largest absolute Gasteiger partial charge is 0.419 e. The molecule has 130 valence electrons. The van der Waals surface area contributed by atoms with Crippen LogP contribution in [0.4, 0.5) is 18.9 Å². The zero-order chi connectivity index (χ0) is 18.1. The van der Waals surface area contributed by atoms with E-state index >= 15 is 0 Å². The van der Waals surface area contributed by atoms with Crippen molar-refractivity contribution in [2.45, 2.75) is 11.1 Å². The van der Waals surface area contributed by atoms with Gasteiger partial charge in [-0.2, -0.15) is 26.7 Å². The van der Waals surface area contributed by atoms with Crippen LogP contribution in [0, 0.1) is 0 Å². The molecule has 0 bridgehead atoms. The van der Waals surface area contributed by atoms with Gasteiger partial charge < -0.3 is 10.6 Å². The molecule has 0 unspecified atom stereocenters. The standard InChI is InChI=1S/C12H13F3N6O2S/c1-20(2)7-19-24(22,23)10-3-9(16)5-17-11(10)21-6-8(4-18-21)12(13,14)15/h3-7H,16H2,1-2H3. The molecule has 12 heteroatoms. The number of nitrogens with zero attached hydrogens (tertiary/aromatic N) is 5. The minimum atomic E-state index is -4.62. The maximum Gasteiger partial charge on any atom is 0.419 e. The first-order chi connectivity index (χ1) is 11.0. The zero-order valence-electron chi connectivity index (χ0n) is 12.6. The number of nitrogens with two attached hydrogens (primary N) is 1. The second-order valence-electron chi connectivity index (χ2n) is 4.92. The van der Waals surface area contributed by atoms with Crippen molar-refractivity contribution in [3.05, 3.63) is 30.2 Å². The fourth-order valence-corrected chi connectivity index (χ4v) is 2.70. The first-order valence-electron chi connectivity index (χ1n) is 6.35. The highest BCUT2D eigenvalue weighted by atomic mass is 32.2. The average molecular weight is 362 g/mol. The molecule has 0 aliphatic carbocycles. The van der Waals surface area contributed by atoms with E-state index in [-0.39, 0.29) is 11.5 Å². The number of rotatable bonds is 4. The summed E-state index contributed by atoms with van der Waals surface area (Å²) in [5, 5.41) is 3.52. The van der Waals surface area contributed by atoms with E-state index in [1.54, 1.807) is 14.1 Å². The highest BCUT2D eigenvalue weighted by Gasteiger charge is 2.33. The minimum absolute atomic E-state index is 0.0144. The number of aromatic nitrogens is 3. The summed E-state index contributed by atoms with van der Waals surface area (Å²) >= 11 is 0. The lowest BCUT2D eigenvalue weighted by molar-refractivity contribution is -0.137. The Balaban J connectivity index is 2.59. The summed E-state index contributed by atoms with van der Waals surface area (Å²) in [6.45, 7) is 0. The monoisotopic (exact) mass is 362 g/mol. The van der Waals surface area contributed by atoms with Crippen LogP contribution in [-0.4, -0.2) is 48.5 Å². The second kappa shape index (κ2) is 6.11. The van der Waals surface area contributed by atoms with Crippen molar-refractivity contribution in [3.8, 4) is 5.82 Å². The molecule has 2 N–H and O–H groups in total. The lowest BCUT2D eigenvalue weighted by Gasteiger charge is -2.09. The number of hydrogen-bond donors (Lipinski definition) is 1. The molecule has 0 fully saturated rings. The molecule has 0 aliphatic heterocycles. The predicted molar refractivity (Wildman–Crippen MR) is 80.1 cm³/mol. The van der Waals surface area contributed by atoms with Crippen LogP contribution in [0.3, 0.4) is 0 Å². The van der Waals surface area contributed by atoms with E-state index in [2.05, 4.69) is 14.5 Å². The first kappa shape index (κ1) is 17.7. The van der Waals surface area contributed by atoms with Gasteiger partial charge in [-0.3, -0.25) is 0 Å². The smallest absolute Gasteiger partial charge is 0.397 e. The predicted octanol–water partition coefficient (Wildman–Crippen LogP) is 1.15. The van der Waals surface area contributed by atoms with E-state index in [1.807, 2.05) is 0 Å². The normalized spacial score (nSPS) is 12.7. The highest BCUT2D eigenvalue weighted by molar-refractivity contribution is 7.90. The van der Waals surface area contributed by atoms with E-state index < -0.39 is 26.7 Å². The fourth-order valence-electron chi connectivity index (χ4n) is 1.61. The van der Waals surface area contributed by atoms with Crippen molar-refractivity contribution in [2.24, 2.45) is 4.40 Å². The Morgan fingerprint density at radius 1 is 1.33 bits per heavy atom. The van der Waals surface area contributed by atoms with Crippen LogP contribution in [0.5, 0.6) is 0 Å². The molecule has 0 saturated carbocycles. The summed E-state index contributed by atoms with van der Waals surface area (Å²) in [5.74, 6) is -0.337. The van der Waals surface area contributed by atoms with E-state index in [9.17, 15) is 21.6 Å². The molecular weight excluding hydrogens is 349 g/mol. The SMILES string of the molecule is CN(C)C=NS(=O)(=O)c1cc(N)cnc1-n1cc(C(F)(F)F)cn1. The molecule has 2 aromatic rings. The molecule has 0 spiro atoms. The van der Waals surface area contributed by atoms with Gasteiger partial charge in [0.25, 0.3) is 10.0 Å². The van der Waals surface area contributed by atoms with Gasteiger partial charge in [-0.25, -0.2) is 9.67 Å². The number of sulfonamides is 1. The summed E-state index contributed by atoms with van der Waals surface area (Å²) in [5.41, 5.74) is 4.51. The molecular formula is C12H13F3N6O2S. The molecule has 0 radical (unpaired) electrons. The van der Waals surface area contributed by atoms with Crippen LogP contribution in [0.2, 0.25) is 0 Å². The summed E-state index contributed by atoms with van der Waals surface area (Å²) in [6.07, 6.45) is -1.27. The maximum atomic E-state index is 12.7. The highest BCUT2D eigenvalue weighted by Crippen LogP contribution is 2.30. The third-order valence-electron chi connectivity index (χ3n) is 2.68. The summed E-state index contributed by atoms with van der Waals surface area (Å²) in [6, 6.07) is 1.06. The Kier molecular flexibility index (Phi) is 4.51. The molecule has 0 aliphatic rings. The number of anilines is 1. The number of halogens is 3. The number of alkyl halides is 3. The quantitative estimate of drug-likeness (QED) is 0.646. The number of hydrogen-bond acceptors (Lipinski definition) is 5. The van der Waals surface area contributed by atoms with Crippen molar-refractivity contribution in [3.63, 3.8) is 0 Å². The molecule has 0 amide bonds. The molecule has 2 aromatic heterocycles. The summed E-state index contributed by atoms with van der Waals surface area (Å²) in [4.78, 5) is 4.70. The van der Waals surface area contributed by atoms with E-state index in [1.165, 1.54) is 4.90 Å². The van der Waals surface area contributed by atoms with Gasteiger partial charge >= 0.3 is 6.18 Å². The van der Waals surface area contributed by atoms with Crippen LogP contribution in [0.1, 0.15) is 5.56 Å². The molecule has 0 atom stereocenters. The molecule has 2 rings (SSSR count). The Morgan fingerprint density at radius 2 is 2.00 bits per heavy atom. The third-order valence-corrected chi connectivity index (χ3v) is 3.90. The van der Waals surface area contributed by atoms with Gasteiger partial charge in [-0.1, -0.05) is 0 Å². The second-order valence-corrected chi connectivity index (χ2v) is 6.52. The van der Waals surface area contributed by atoms with Gasteiger partial charge in [0, 0.05) is 20.3 Å². The van der Waals surface area contributed by atoms with Gasteiger partial charge in [0.15, 0.2) is 5.82 Å². The number of pyridine rings is 1. The third kappa shape index (κ3) is 3.82. The van der Waals surface area contributed by atoms with E-state index in [0.29, 0.717) is 17.1 Å². The van der Waals surface area contributed by atoms with E-state index in [0.717, 1.165) is 18.6 Å². The van der Waals surface area contributed by atoms with Crippen molar-refractivity contribution in [1.29, 1.82) is 0 Å². The molecule has 0 aromatic carbocycles. The Labute approximate surface area is 135 Å².